The number of amides is 1. The second-order valence-corrected chi connectivity index (χ2v) is 7.55. The van der Waals surface area contributed by atoms with Gasteiger partial charge in [-0.3, -0.25) is 19.5 Å². The highest BCUT2D eigenvalue weighted by Gasteiger charge is 2.30. The summed E-state index contributed by atoms with van der Waals surface area (Å²) in [5.41, 5.74) is -0.232. The third-order valence-electron chi connectivity index (χ3n) is 5.35. The van der Waals surface area contributed by atoms with Crippen LogP contribution >= 0.6 is 0 Å². The molecular formula is C20H21N5O4. The lowest BCUT2D eigenvalue weighted by Gasteiger charge is -2.27. The van der Waals surface area contributed by atoms with Crippen molar-refractivity contribution in [2.75, 3.05) is 19.4 Å². The Labute approximate surface area is 166 Å². The van der Waals surface area contributed by atoms with Crippen molar-refractivity contribution in [3.8, 4) is 17.6 Å². The van der Waals surface area contributed by atoms with Gasteiger partial charge in [-0.05, 0) is 25.0 Å². The molecule has 2 heterocycles. The minimum Gasteiger partial charge on any atom is -0.446 e. The predicted molar refractivity (Wildman–Crippen MR) is 106 cm³/mol. The molecule has 0 radical (unpaired) electrons. The van der Waals surface area contributed by atoms with E-state index in [1.54, 1.807) is 14.1 Å². The zero-order chi connectivity index (χ0) is 20.7. The number of H-pyrrole nitrogens is 1. The first-order valence-electron chi connectivity index (χ1n) is 9.54. The molecule has 0 atom stereocenters. The molecular weight excluding hydrogens is 374 g/mol. The van der Waals surface area contributed by atoms with E-state index in [-0.39, 0.29) is 45.8 Å². The molecule has 2 N–H and O–H groups in total. The third-order valence-corrected chi connectivity index (χ3v) is 5.35. The molecule has 4 rings (SSSR count). The van der Waals surface area contributed by atoms with Crippen molar-refractivity contribution in [2.24, 2.45) is 0 Å². The number of rotatable bonds is 2. The molecule has 2 aromatic rings. The first-order chi connectivity index (χ1) is 13.9. The summed E-state index contributed by atoms with van der Waals surface area (Å²) in [7, 11) is 3.15. The number of nitrogens with zero attached hydrogens (tertiary/aromatic N) is 3. The Morgan fingerprint density at radius 2 is 1.93 bits per heavy atom. The van der Waals surface area contributed by atoms with Crippen LogP contribution in [-0.4, -0.2) is 34.7 Å². The Morgan fingerprint density at radius 3 is 2.59 bits per heavy atom. The fraction of sp³-hybridized carbons (Fsp3) is 0.400. The topological polar surface area (TPSA) is 120 Å². The number of aromatic amines is 1. The molecule has 0 bridgehead atoms. The van der Waals surface area contributed by atoms with Crippen molar-refractivity contribution < 1.29 is 9.53 Å². The van der Waals surface area contributed by atoms with E-state index in [4.69, 9.17) is 4.74 Å². The summed E-state index contributed by atoms with van der Waals surface area (Å²) in [6, 6.07) is 4.85. The van der Waals surface area contributed by atoms with Crippen LogP contribution in [0.1, 0.15) is 54.1 Å². The summed E-state index contributed by atoms with van der Waals surface area (Å²) in [5.74, 6) is -0.432. The van der Waals surface area contributed by atoms with Crippen LogP contribution in [0.25, 0.3) is 0 Å². The Hall–Kier alpha value is -3.54. The molecule has 9 nitrogen and oxygen atoms in total. The van der Waals surface area contributed by atoms with Gasteiger partial charge < -0.3 is 15.0 Å². The molecule has 1 aromatic carbocycles. The Kier molecular flexibility index (Phi) is 4.62. The van der Waals surface area contributed by atoms with E-state index in [2.05, 4.69) is 10.4 Å². The lowest BCUT2D eigenvalue weighted by atomic mass is 9.95. The second kappa shape index (κ2) is 7.13. The van der Waals surface area contributed by atoms with Crippen LogP contribution in [0.2, 0.25) is 0 Å². The Balaban J connectivity index is 1.85. The lowest BCUT2D eigenvalue weighted by molar-refractivity contribution is 0.0825. The minimum absolute atomic E-state index is 0.0187. The van der Waals surface area contributed by atoms with Gasteiger partial charge in [0.25, 0.3) is 11.5 Å². The van der Waals surface area contributed by atoms with Crippen LogP contribution in [0, 0.1) is 11.3 Å². The number of carbonyl (C=O) groups excluding carboxylic acids is 1. The molecule has 1 saturated carbocycles. The first kappa shape index (κ1) is 18.8. The number of carbonyl (C=O) groups is 1. The molecule has 1 amide bonds. The van der Waals surface area contributed by atoms with Crippen molar-refractivity contribution in [3.63, 3.8) is 0 Å². The zero-order valence-electron chi connectivity index (χ0n) is 16.2. The van der Waals surface area contributed by atoms with Gasteiger partial charge in [0.1, 0.15) is 0 Å². The van der Waals surface area contributed by atoms with Crippen molar-refractivity contribution in [1.29, 1.82) is 5.26 Å². The van der Waals surface area contributed by atoms with Gasteiger partial charge in [0.05, 0.1) is 28.9 Å². The van der Waals surface area contributed by atoms with Crippen molar-refractivity contribution in [3.05, 3.63) is 44.0 Å². The maximum Gasteiger partial charge on any atom is 0.308 e. The summed E-state index contributed by atoms with van der Waals surface area (Å²) in [6.45, 7) is 0. The fourth-order valence-corrected chi connectivity index (χ4v) is 3.88. The number of benzene rings is 1. The van der Waals surface area contributed by atoms with E-state index in [9.17, 15) is 19.6 Å². The normalized spacial score (nSPS) is 15.3. The molecule has 9 heteroatoms. The fourth-order valence-electron chi connectivity index (χ4n) is 3.88. The molecule has 0 saturated heterocycles. The number of hydrogen-bond acceptors (Lipinski definition) is 6. The van der Waals surface area contributed by atoms with Gasteiger partial charge in [-0.15, -0.1) is 0 Å². The van der Waals surface area contributed by atoms with E-state index < -0.39 is 5.56 Å². The summed E-state index contributed by atoms with van der Waals surface area (Å²) in [6.07, 6.45) is 4.78. The maximum atomic E-state index is 13.1. The summed E-state index contributed by atoms with van der Waals surface area (Å²) in [4.78, 5) is 39.7. The molecule has 0 spiro atoms. The number of nitrogens with one attached hydrogen (secondary N) is 2. The quantitative estimate of drug-likeness (QED) is 0.688. The van der Waals surface area contributed by atoms with E-state index >= 15 is 0 Å². The second-order valence-electron chi connectivity index (χ2n) is 7.55. The molecule has 1 fully saturated rings. The minimum atomic E-state index is -0.545. The molecule has 29 heavy (non-hydrogen) atoms. The summed E-state index contributed by atoms with van der Waals surface area (Å²) < 4.78 is 7.13. The highest BCUT2D eigenvalue weighted by Crippen LogP contribution is 2.42. The average molecular weight is 395 g/mol. The summed E-state index contributed by atoms with van der Waals surface area (Å²) >= 11 is 0. The van der Waals surface area contributed by atoms with Crippen LogP contribution in [0.4, 0.5) is 11.4 Å². The highest BCUT2D eigenvalue weighted by molar-refractivity contribution is 6.00. The first-order valence-corrected chi connectivity index (χ1v) is 9.54. The zero-order valence-corrected chi connectivity index (χ0v) is 16.2. The van der Waals surface area contributed by atoms with Gasteiger partial charge >= 0.3 is 5.56 Å². The molecule has 0 unspecified atom stereocenters. The van der Waals surface area contributed by atoms with Crippen LogP contribution < -0.4 is 21.2 Å². The molecule has 150 valence electrons. The Morgan fingerprint density at radius 1 is 1.21 bits per heavy atom. The standard InChI is InChI=1S/C20H21N5O4/c1-24(2)19(27)13-8-11(10-21)9-14-16(13)29-17-15(22-14)20(28)25(23-18(17)26)12-6-4-3-5-7-12/h8-9,12,22H,3-7H2,1-2H3,(H,23,26). The predicted octanol–water partition coefficient (Wildman–Crippen LogP) is 2.46. The largest absolute Gasteiger partial charge is 0.446 e. The van der Waals surface area contributed by atoms with Crippen LogP contribution in [0.3, 0.4) is 0 Å². The molecule has 1 aromatic heterocycles. The number of aromatic nitrogens is 2. The van der Waals surface area contributed by atoms with Gasteiger partial charge in [0.15, 0.2) is 11.4 Å². The van der Waals surface area contributed by atoms with E-state index in [0.29, 0.717) is 5.69 Å². The monoisotopic (exact) mass is 395 g/mol. The maximum absolute atomic E-state index is 13.1. The van der Waals surface area contributed by atoms with Gasteiger partial charge in [-0.2, -0.15) is 5.26 Å². The lowest BCUT2D eigenvalue weighted by Crippen LogP contribution is -2.36. The number of anilines is 2. The third kappa shape index (κ3) is 3.16. The molecule has 1 aliphatic heterocycles. The smallest absolute Gasteiger partial charge is 0.308 e. The van der Waals surface area contributed by atoms with Gasteiger partial charge in [0, 0.05) is 14.1 Å². The van der Waals surface area contributed by atoms with Crippen molar-refractivity contribution in [1.82, 2.24) is 14.7 Å². The molecule has 1 aliphatic carbocycles. The number of hydrogen-bond donors (Lipinski definition) is 2. The van der Waals surface area contributed by atoms with Gasteiger partial charge in [-0.1, -0.05) is 19.3 Å². The van der Waals surface area contributed by atoms with E-state index in [1.807, 2.05) is 6.07 Å². The van der Waals surface area contributed by atoms with Gasteiger partial charge in [0.2, 0.25) is 5.75 Å². The van der Waals surface area contributed by atoms with Gasteiger partial charge in [-0.25, -0.2) is 4.68 Å². The van der Waals surface area contributed by atoms with Crippen LogP contribution in [0.5, 0.6) is 11.5 Å². The Bertz CT molecular complexity index is 1150. The van der Waals surface area contributed by atoms with Crippen LogP contribution in [0.15, 0.2) is 21.7 Å². The number of nitriles is 1. The molecule has 2 aliphatic rings. The average Bonchev–Trinajstić information content (AvgIpc) is 2.74. The van der Waals surface area contributed by atoms with Crippen molar-refractivity contribution >= 4 is 17.3 Å². The highest BCUT2D eigenvalue weighted by atomic mass is 16.5. The number of fused-ring (bicyclic) bond motifs is 2. The van der Waals surface area contributed by atoms with E-state index in [1.165, 1.54) is 21.7 Å². The van der Waals surface area contributed by atoms with E-state index in [0.717, 1.165) is 32.1 Å². The van der Waals surface area contributed by atoms with Crippen LogP contribution in [-0.2, 0) is 0 Å². The SMILES string of the molecule is CN(C)C(=O)c1cc(C#N)cc2c1Oc1c(c(=O)n(C3CCCCC3)[nH]c1=O)N2. The number of ether oxygens (including phenoxy) is 1. The summed E-state index contributed by atoms with van der Waals surface area (Å²) in [5, 5.41) is 14.9. The van der Waals surface area contributed by atoms with Crippen molar-refractivity contribution in [2.45, 2.75) is 38.1 Å².